The molecule has 546 valence electrons. The van der Waals surface area contributed by atoms with Crippen molar-refractivity contribution in [3.8, 4) is 57.5 Å². The van der Waals surface area contributed by atoms with Crippen LogP contribution in [0.5, 0.6) is 57.5 Å². The first-order valence-electron chi connectivity index (χ1n) is 33.4. The first-order valence-corrected chi connectivity index (χ1v) is 33.4. The Morgan fingerprint density at radius 1 is 0.264 bits per heavy atom. The van der Waals surface area contributed by atoms with Gasteiger partial charge < -0.3 is 77.6 Å². The molecule has 0 aliphatic carbocycles. The second-order valence-electron chi connectivity index (χ2n) is 24.2. The number of benzene rings is 10. The molecule has 15 N–H and O–H groups in total. The van der Waals surface area contributed by atoms with E-state index >= 15 is 0 Å². The lowest BCUT2D eigenvalue weighted by Gasteiger charge is -2.04. The zero-order valence-electron chi connectivity index (χ0n) is 59.2. The highest BCUT2D eigenvalue weighted by Gasteiger charge is 2.07. The topological polar surface area (TPSA) is 348 Å². The van der Waals surface area contributed by atoms with Crippen molar-refractivity contribution in [3.63, 3.8) is 0 Å². The van der Waals surface area contributed by atoms with Crippen LogP contribution in [0.1, 0.15) is 77.9 Å². The molecule has 10 rings (SSSR count). The van der Waals surface area contributed by atoms with Crippen LogP contribution >= 0.6 is 0 Å². The largest absolute Gasteiger partial charge is 0.504 e. The van der Waals surface area contributed by atoms with Crippen LogP contribution in [0.3, 0.4) is 0 Å². The average Bonchev–Trinajstić information content (AvgIpc) is 0.958. The summed E-state index contributed by atoms with van der Waals surface area (Å²) in [4.78, 5) is 58.5. The number of nitrogens with one attached hydrogen (secondary N) is 5. The molecule has 0 unspecified atom stereocenters. The molecule has 0 heterocycles. The average molecular weight is 1430 g/mol. The quantitative estimate of drug-likeness (QED) is 0.0235. The standard InChI is InChI=1S/2C18H19NO3.2C17H17NO3.C16H15NO3/c1-13-2-4-14(5-3-13)10-11-19-18(22)9-7-15-6-8-16(20)17(21)12-15;1-13-3-2-4-14(11-13)9-10-19-18(22)8-6-15-5-7-16(20)17(21)12-15;1-12-2-4-14(5-3-12)11-18-17(21)9-7-13-6-8-15(19)16(20)10-13;1-12-3-2-4-14(9-12)11-18-17(21)8-6-13-5-7-15(19)16(20)10-13;1-11-2-6-13(7-3-11)17-16(20)9-5-12-4-8-14(18)15(19)10-12/h2-9,12,20-21H,10-11H2,1H3,(H,19,22);2-8,11-12,20-21H,9-10H2,1H3,(H,19,22);2*2-10,19-20H,11H2,1H3,(H,18,21);2-10,18-19H,1H3,(H,17,20)/b;;9-7+;8-6+;9-5+. The Morgan fingerprint density at radius 3 is 0.887 bits per heavy atom. The molecular weight excluding hydrogens is 1340 g/mol. The number of carbonyl (C=O) groups is 5. The van der Waals surface area contributed by atoms with Crippen molar-refractivity contribution in [3.05, 3.63) is 321 Å². The number of aryl methyl sites for hydroxylation is 5. The first-order chi connectivity index (χ1) is 50.7. The fraction of sp³-hybridized carbons (Fsp3) is 0.128. The van der Waals surface area contributed by atoms with Crippen LogP contribution in [0.25, 0.3) is 30.4 Å². The molecule has 0 saturated heterocycles. The molecule has 0 radical (unpaired) electrons. The van der Waals surface area contributed by atoms with Crippen LogP contribution in [-0.2, 0) is 49.9 Å². The Hall–Kier alpha value is -13.8. The summed E-state index contributed by atoms with van der Waals surface area (Å²) in [5, 5.41) is 107. The van der Waals surface area contributed by atoms with E-state index in [-0.39, 0.29) is 87.0 Å². The zero-order valence-corrected chi connectivity index (χ0v) is 59.2. The van der Waals surface area contributed by atoms with Crippen LogP contribution in [0.15, 0.2) is 243 Å². The van der Waals surface area contributed by atoms with Gasteiger partial charge in [0.05, 0.1) is 0 Å². The van der Waals surface area contributed by atoms with Gasteiger partial charge in [-0.2, -0.15) is 0 Å². The predicted molar refractivity (Wildman–Crippen MR) is 416 cm³/mol. The van der Waals surface area contributed by atoms with Gasteiger partial charge in [-0.05, 0) is 201 Å². The molecule has 0 bridgehead atoms. The molecule has 0 fully saturated rings. The van der Waals surface area contributed by atoms with Gasteiger partial charge in [0.15, 0.2) is 57.5 Å². The lowest BCUT2D eigenvalue weighted by molar-refractivity contribution is -0.117. The van der Waals surface area contributed by atoms with Crippen LogP contribution in [0.2, 0.25) is 0 Å². The highest BCUT2D eigenvalue weighted by molar-refractivity contribution is 6.02. The Bertz CT molecular complexity index is 4740. The lowest BCUT2D eigenvalue weighted by Crippen LogP contribution is -2.23. The van der Waals surface area contributed by atoms with Gasteiger partial charge in [-0.25, -0.2) is 0 Å². The SMILES string of the molecule is Cc1ccc(CCNC(=O)C=Cc2ccc(O)c(O)c2)cc1.Cc1ccc(CNC(=O)/C=C/c2ccc(O)c(O)c2)cc1.Cc1ccc(NC(=O)/C=C/c2ccc(O)c(O)c2)cc1.Cc1cccc(CCNC(=O)C=Cc2ccc(O)c(O)c2)c1.Cc1cccc(CNC(=O)/C=C/c2ccc(O)c(O)c2)c1. The summed E-state index contributed by atoms with van der Waals surface area (Å²) < 4.78 is 0. The van der Waals surface area contributed by atoms with Crippen LogP contribution in [0.4, 0.5) is 5.69 Å². The third kappa shape index (κ3) is 31.0. The van der Waals surface area contributed by atoms with Crippen LogP contribution in [0, 0.1) is 34.6 Å². The van der Waals surface area contributed by atoms with E-state index in [0.29, 0.717) is 54.0 Å². The molecule has 0 saturated carbocycles. The number of hydrogen-bond donors (Lipinski definition) is 15. The van der Waals surface area contributed by atoms with E-state index in [9.17, 15) is 75.0 Å². The number of phenolic OH excluding ortho intramolecular Hbond substituents is 10. The monoisotopic (exact) mass is 1430 g/mol. The number of anilines is 1. The zero-order chi connectivity index (χ0) is 76.9. The number of hydrogen-bond acceptors (Lipinski definition) is 15. The Morgan fingerprint density at radius 2 is 0.547 bits per heavy atom. The third-order valence-electron chi connectivity index (χ3n) is 15.2. The summed E-state index contributed by atoms with van der Waals surface area (Å²) in [7, 11) is 0. The van der Waals surface area contributed by atoms with Crippen molar-refractivity contribution in [2.75, 3.05) is 18.4 Å². The van der Waals surface area contributed by atoms with Crippen molar-refractivity contribution >= 4 is 65.6 Å². The maximum Gasteiger partial charge on any atom is 0.248 e. The Balaban J connectivity index is 0.000000208. The van der Waals surface area contributed by atoms with E-state index in [2.05, 4.69) is 44.8 Å². The van der Waals surface area contributed by atoms with Gasteiger partial charge in [0.25, 0.3) is 0 Å². The van der Waals surface area contributed by atoms with Crippen molar-refractivity contribution in [1.29, 1.82) is 0 Å². The van der Waals surface area contributed by atoms with E-state index in [4.69, 9.17) is 0 Å². The molecule has 0 spiro atoms. The normalized spacial score (nSPS) is 10.7. The van der Waals surface area contributed by atoms with Crippen molar-refractivity contribution in [2.45, 2.75) is 60.5 Å². The minimum atomic E-state index is -0.263. The minimum Gasteiger partial charge on any atom is -0.504 e. The molecule has 0 aromatic heterocycles. The number of carbonyl (C=O) groups excluding carboxylic acids is 5. The van der Waals surface area contributed by atoms with E-state index in [1.807, 2.05) is 138 Å². The Kier molecular flexibility index (Phi) is 32.6. The Labute approximate surface area is 616 Å². The second-order valence-corrected chi connectivity index (χ2v) is 24.2. The molecule has 20 nitrogen and oxygen atoms in total. The van der Waals surface area contributed by atoms with Gasteiger partial charge >= 0.3 is 0 Å². The summed E-state index contributed by atoms with van der Waals surface area (Å²) >= 11 is 0. The molecular formula is C86H87N5O15. The van der Waals surface area contributed by atoms with Gasteiger partial charge in [0.2, 0.25) is 29.5 Å². The molecule has 0 aliphatic rings. The fourth-order valence-electron chi connectivity index (χ4n) is 9.33. The molecule has 10 aromatic carbocycles. The maximum absolute atomic E-state index is 11.7. The van der Waals surface area contributed by atoms with Crippen LogP contribution in [-0.4, -0.2) is 93.7 Å². The van der Waals surface area contributed by atoms with Gasteiger partial charge in [-0.3, -0.25) is 24.0 Å². The maximum atomic E-state index is 11.7. The summed E-state index contributed by atoms with van der Waals surface area (Å²) in [6, 6.07) is 61.6. The summed E-state index contributed by atoms with van der Waals surface area (Å²) in [5.41, 5.74) is 14.2. The number of rotatable bonds is 21. The first kappa shape index (κ1) is 81.2. The minimum absolute atomic E-state index is 0.181. The van der Waals surface area contributed by atoms with E-state index in [0.717, 1.165) is 40.8 Å². The fourth-order valence-corrected chi connectivity index (χ4v) is 9.33. The molecule has 5 amide bonds. The van der Waals surface area contributed by atoms with Gasteiger partial charge in [-0.1, -0.05) is 167 Å². The predicted octanol–water partition coefficient (Wildman–Crippen LogP) is 14.1. The molecule has 20 heteroatoms. The third-order valence-corrected chi connectivity index (χ3v) is 15.2. The van der Waals surface area contributed by atoms with Gasteiger partial charge in [-0.15, -0.1) is 0 Å². The van der Waals surface area contributed by atoms with Crippen molar-refractivity contribution in [2.24, 2.45) is 0 Å². The molecule has 106 heavy (non-hydrogen) atoms. The van der Waals surface area contributed by atoms with E-state index < -0.39 is 0 Å². The highest BCUT2D eigenvalue weighted by atomic mass is 16.3. The number of amides is 5. The molecule has 10 aromatic rings. The summed E-state index contributed by atoms with van der Waals surface area (Å²) in [6.45, 7) is 12.1. The van der Waals surface area contributed by atoms with Crippen molar-refractivity contribution < 1.29 is 75.0 Å². The smallest absolute Gasteiger partial charge is 0.248 e. The van der Waals surface area contributed by atoms with E-state index in [1.54, 1.807) is 60.7 Å². The summed E-state index contributed by atoms with van der Waals surface area (Å²) in [5.74, 6) is -3.06. The molecule has 0 atom stereocenters. The number of phenols is 10. The van der Waals surface area contributed by atoms with Gasteiger partial charge in [0.1, 0.15) is 0 Å². The van der Waals surface area contributed by atoms with Crippen LogP contribution < -0.4 is 26.6 Å². The molecule has 0 aliphatic heterocycles. The second kappa shape index (κ2) is 42.5. The summed E-state index contributed by atoms with van der Waals surface area (Å²) in [6.07, 6.45) is 16.4. The highest BCUT2D eigenvalue weighted by Crippen LogP contribution is 2.29. The van der Waals surface area contributed by atoms with Gasteiger partial charge in [0, 0.05) is 62.2 Å². The van der Waals surface area contributed by atoms with E-state index in [1.165, 1.54) is 119 Å². The number of aromatic hydroxyl groups is 10. The lowest BCUT2D eigenvalue weighted by atomic mass is 10.1. The van der Waals surface area contributed by atoms with Crippen molar-refractivity contribution in [1.82, 2.24) is 21.3 Å².